The topological polar surface area (TPSA) is 0 Å². The number of allylic oxidation sites excluding steroid dienone is 5. The lowest BCUT2D eigenvalue weighted by Gasteiger charge is -2.29. The highest BCUT2D eigenvalue weighted by Gasteiger charge is 2.23. The van der Waals surface area contributed by atoms with Gasteiger partial charge in [0.2, 0.25) is 0 Å². The van der Waals surface area contributed by atoms with Crippen LogP contribution in [0.5, 0.6) is 0 Å². The Balaban J connectivity index is 4.41. The van der Waals surface area contributed by atoms with Crippen molar-refractivity contribution >= 4 is 0 Å². The average molecular weight is 469 g/mol. The van der Waals surface area contributed by atoms with Gasteiger partial charge in [-0.15, -0.1) is 6.58 Å². The van der Waals surface area contributed by atoms with Crippen molar-refractivity contribution in [2.45, 2.75) is 120 Å². The molecular formula is C34H60. The van der Waals surface area contributed by atoms with Gasteiger partial charge in [-0.3, -0.25) is 0 Å². The zero-order chi connectivity index (χ0) is 26.5. The average Bonchev–Trinajstić information content (AvgIpc) is 2.80. The molecule has 0 saturated carbocycles. The summed E-state index contributed by atoms with van der Waals surface area (Å²) in [5.41, 5.74) is 5.62. The molecule has 196 valence electrons. The molecular weight excluding hydrogens is 408 g/mol. The van der Waals surface area contributed by atoms with Gasteiger partial charge < -0.3 is 0 Å². The second-order valence-corrected chi connectivity index (χ2v) is 12.3. The van der Waals surface area contributed by atoms with Crippen molar-refractivity contribution in [3.8, 4) is 0 Å². The maximum atomic E-state index is 4.41. The van der Waals surface area contributed by atoms with E-state index in [0.29, 0.717) is 23.7 Å². The normalized spacial score (nSPS) is 17.6. The van der Waals surface area contributed by atoms with Crippen LogP contribution in [-0.2, 0) is 0 Å². The van der Waals surface area contributed by atoms with Crippen molar-refractivity contribution in [2.75, 3.05) is 0 Å². The standard InChI is InChI=1S/C34H60/c1-14-34(13,24-22-33(12)32(11)20-18-29(8)26(4)5)23-21-27(6)15-16-30(9)31(10)19-17-28(7)25(2)3/h14,27-30,33H,1-2,4,10-11,15-24H2,3,5-9,12-13H3. The first kappa shape index (κ1) is 32.7. The predicted molar refractivity (Wildman–Crippen MR) is 158 cm³/mol. The van der Waals surface area contributed by atoms with Crippen LogP contribution >= 0.6 is 0 Å². The molecule has 0 saturated heterocycles. The largest absolute Gasteiger partial charge is 0.103 e. The minimum absolute atomic E-state index is 0.224. The fraction of sp³-hybridized carbons (Fsp3) is 0.706. The third-order valence-corrected chi connectivity index (χ3v) is 8.82. The highest BCUT2D eigenvalue weighted by molar-refractivity contribution is 5.04. The summed E-state index contributed by atoms with van der Waals surface area (Å²) in [6, 6.07) is 0. The van der Waals surface area contributed by atoms with Crippen LogP contribution in [0.2, 0.25) is 0 Å². The third-order valence-electron chi connectivity index (χ3n) is 8.82. The molecule has 6 unspecified atom stereocenters. The number of rotatable bonds is 20. The Morgan fingerprint density at radius 2 is 1.03 bits per heavy atom. The molecule has 0 amide bonds. The van der Waals surface area contributed by atoms with E-state index < -0.39 is 0 Å². The molecule has 0 aromatic heterocycles. The Morgan fingerprint density at radius 1 is 0.618 bits per heavy atom. The van der Waals surface area contributed by atoms with Gasteiger partial charge in [-0.25, -0.2) is 0 Å². The molecule has 6 atom stereocenters. The zero-order valence-corrected chi connectivity index (χ0v) is 24.6. The summed E-state index contributed by atoms with van der Waals surface area (Å²) in [5, 5.41) is 0. The maximum Gasteiger partial charge on any atom is -0.0149 e. The molecule has 0 heterocycles. The minimum Gasteiger partial charge on any atom is -0.103 e. The van der Waals surface area contributed by atoms with Crippen LogP contribution < -0.4 is 0 Å². The van der Waals surface area contributed by atoms with Gasteiger partial charge in [-0.2, -0.15) is 0 Å². The summed E-state index contributed by atoms with van der Waals surface area (Å²) in [5.74, 6) is 3.13. The van der Waals surface area contributed by atoms with Crippen LogP contribution in [0.4, 0.5) is 0 Å². The Bertz CT molecular complexity index is 662. The first-order chi connectivity index (χ1) is 15.7. The zero-order valence-electron chi connectivity index (χ0n) is 24.6. The molecule has 0 nitrogen and oxygen atoms in total. The van der Waals surface area contributed by atoms with E-state index in [4.69, 9.17) is 0 Å². The van der Waals surface area contributed by atoms with Gasteiger partial charge in [0, 0.05) is 0 Å². The molecule has 0 aromatic carbocycles. The Labute approximate surface area is 215 Å². The molecule has 0 rings (SSSR count). The van der Waals surface area contributed by atoms with Crippen LogP contribution in [0.3, 0.4) is 0 Å². The van der Waals surface area contributed by atoms with Gasteiger partial charge in [0.15, 0.2) is 0 Å². The highest BCUT2D eigenvalue weighted by atomic mass is 14.3. The first-order valence-electron chi connectivity index (χ1n) is 14.0. The molecule has 0 aliphatic carbocycles. The molecule has 0 aliphatic rings. The second-order valence-electron chi connectivity index (χ2n) is 12.3. The Hall–Kier alpha value is -1.30. The van der Waals surface area contributed by atoms with Crippen molar-refractivity contribution in [1.29, 1.82) is 0 Å². The summed E-state index contributed by atoms with van der Waals surface area (Å²) in [6.45, 7) is 39.6. The van der Waals surface area contributed by atoms with E-state index >= 15 is 0 Å². The van der Waals surface area contributed by atoms with E-state index in [1.54, 1.807) is 0 Å². The van der Waals surface area contributed by atoms with E-state index in [2.05, 4.69) is 94.4 Å². The molecule has 0 fully saturated rings. The third kappa shape index (κ3) is 13.6. The van der Waals surface area contributed by atoms with Gasteiger partial charge >= 0.3 is 0 Å². The number of hydrogen-bond acceptors (Lipinski definition) is 0. The summed E-state index contributed by atoms with van der Waals surface area (Å²) in [6.07, 6.45) is 14.3. The van der Waals surface area contributed by atoms with E-state index in [0.717, 1.165) is 18.8 Å². The molecule has 0 bridgehead atoms. The summed E-state index contributed by atoms with van der Waals surface area (Å²) in [7, 11) is 0. The number of hydrogen-bond donors (Lipinski definition) is 0. The highest BCUT2D eigenvalue weighted by Crippen LogP contribution is 2.36. The first-order valence-corrected chi connectivity index (χ1v) is 14.0. The van der Waals surface area contributed by atoms with E-state index in [-0.39, 0.29) is 5.41 Å². The fourth-order valence-corrected chi connectivity index (χ4v) is 4.33. The molecule has 34 heavy (non-hydrogen) atoms. The monoisotopic (exact) mass is 468 g/mol. The Kier molecular flexibility index (Phi) is 15.8. The van der Waals surface area contributed by atoms with Crippen LogP contribution in [0.25, 0.3) is 0 Å². The quantitative estimate of drug-likeness (QED) is 0.156. The maximum absolute atomic E-state index is 4.41. The summed E-state index contributed by atoms with van der Waals surface area (Å²) >= 11 is 0. The predicted octanol–water partition coefficient (Wildman–Crippen LogP) is 11.5. The van der Waals surface area contributed by atoms with Crippen LogP contribution in [0.15, 0.2) is 61.3 Å². The van der Waals surface area contributed by atoms with Crippen LogP contribution in [0, 0.1) is 35.0 Å². The van der Waals surface area contributed by atoms with Gasteiger partial charge in [0.1, 0.15) is 0 Å². The van der Waals surface area contributed by atoms with Gasteiger partial charge in [0.05, 0.1) is 0 Å². The van der Waals surface area contributed by atoms with Crippen molar-refractivity contribution in [3.63, 3.8) is 0 Å². The molecule has 0 spiro atoms. The lowest BCUT2D eigenvalue weighted by Crippen LogP contribution is -2.17. The molecule has 0 aliphatic heterocycles. The molecule has 0 N–H and O–H groups in total. The minimum atomic E-state index is 0.224. The van der Waals surface area contributed by atoms with Gasteiger partial charge in [-0.1, -0.05) is 103 Å². The fourth-order valence-electron chi connectivity index (χ4n) is 4.33. The summed E-state index contributed by atoms with van der Waals surface area (Å²) < 4.78 is 0. The van der Waals surface area contributed by atoms with E-state index in [1.165, 1.54) is 73.7 Å². The van der Waals surface area contributed by atoms with E-state index in [9.17, 15) is 0 Å². The van der Waals surface area contributed by atoms with E-state index in [1.807, 2.05) is 0 Å². The van der Waals surface area contributed by atoms with Crippen LogP contribution in [-0.4, -0.2) is 0 Å². The van der Waals surface area contributed by atoms with Crippen LogP contribution in [0.1, 0.15) is 120 Å². The van der Waals surface area contributed by atoms with Crippen molar-refractivity contribution in [3.05, 3.63) is 61.3 Å². The second kappa shape index (κ2) is 16.4. The smallest absolute Gasteiger partial charge is 0.0149 e. The summed E-state index contributed by atoms with van der Waals surface area (Å²) in [4.78, 5) is 0. The molecule has 0 radical (unpaired) electrons. The molecule has 0 aromatic rings. The molecule has 0 heteroatoms. The van der Waals surface area contributed by atoms with Gasteiger partial charge in [-0.05, 0) is 107 Å². The van der Waals surface area contributed by atoms with Crippen molar-refractivity contribution < 1.29 is 0 Å². The van der Waals surface area contributed by atoms with Crippen molar-refractivity contribution in [2.24, 2.45) is 35.0 Å². The SMILES string of the molecule is C=CC(C)(CCC(C)CCC(C)C(=C)CCC(C)C(=C)C)CCC(C)C(=C)CCC(C)C(=C)C. The van der Waals surface area contributed by atoms with Crippen molar-refractivity contribution in [1.82, 2.24) is 0 Å². The van der Waals surface area contributed by atoms with Gasteiger partial charge in [0.25, 0.3) is 0 Å². The lowest BCUT2D eigenvalue weighted by atomic mass is 9.76. The lowest BCUT2D eigenvalue weighted by molar-refractivity contribution is 0.290. The Morgan fingerprint density at radius 3 is 1.44 bits per heavy atom.